The third-order valence-electron chi connectivity index (χ3n) is 3.14. The fraction of sp³-hybridized carbons (Fsp3) is 0.600. The first kappa shape index (κ1) is 8.78. The van der Waals surface area contributed by atoms with Crippen LogP contribution in [0.2, 0.25) is 0 Å². The zero-order valence-electron chi connectivity index (χ0n) is 7.79. The Hall–Kier alpha value is -0.800. The van der Waals surface area contributed by atoms with Crippen LogP contribution in [-0.4, -0.2) is 11.7 Å². The van der Waals surface area contributed by atoms with Gasteiger partial charge in [-0.25, -0.2) is 0 Å². The molecule has 1 aromatic rings. The van der Waals surface area contributed by atoms with Crippen LogP contribution in [0.5, 0.6) is 0 Å². The first-order valence-electron chi connectivity index (χ1n) is 4.68. The SMILES string of the molecule is CC1CCc2occc2C1(O)CN. The fourth-order valence-corrected chi connectivity index (χ4v) is 2.08. The summed E-state index contributed by atoms with van der Waals surface area (Å²) in [6.07, 6.45) is 3.48. The third kappa shape index (κ3) is 1.11. The van der Waals surface area contributed by atoms with E-state index in [0.29, 0.717) is 0 Å². The molecule has 72 valence electrons. The van der Waals surface area contributed by atoms with Crippen LogP contribution in [-0.2, 0) is 12.0 Å². The summed E-state index contributed by atoms with van der Waals surface area (Å²) in [6, 6.07) is 1.83. The van der Waals surface area contributed by atoms with Crippen molar-refractivity contribution < 1.29 is 9.52 Å². The number of hydrogen-bond donors (Lipinski definition) is 2. The van der Waals surface area contributed by atoms with E-state index in [1.165, 1.54) is 0 Å². The van der Waals surface area contributed by atoms with Crippen LogP contribution >= 0.6 is 0 Å². The van der Waals surface area contributed by atoms with Crippen LogP contribution in [0.1, 0.15) is 24.7 Å². The van der Waals surface area contributed by atoms with Gasteiger partial charge in [0.2, 0.25) is 0 Å². The van der Waals surface area contributed by atoms with Crippen molar-refractivity contribution in [3.8, 4) is 0 Å². The van der Waals surface area contributed by atoms with Gasteiger partial charge >= 0.3 is 0 Å². The molecule has 3 nitrogen and oxygen atoms in total. The molecule has 1 aromatic heterocycles. The Morgan fingerprint density at radius 2 is 2.54 bits per heavy atom. The van der Waals surface area contributed by atoms with Crippen molar-refractivity contribution >= 4 is 0 Å². The van der Waals surface area contributed by atoms with E-state index in [-0.39, 0.29) is 12.5 Å². The van der Waals surface area contributed by atoms with Crippen molar-refractivity contribution in [3.05, 3.63) is 23.7 Å². The molecule has 1 aliphatic carbocycles. The van der Waals surface area contributed by atoms with Crippen LogP contribution in [0, 0.1) is 5.92 Å². The Morgan fingerprint density at radius 1 is 1.77 bits per heavy atom. The number of hydrogen-bond acceptors (Lipinski definition) is 3. The van der Waals surface area contributed by atoms with Gasteiger partial charge in [-0.15, -0.1) is 0 Å². The van der Waals surface area contributed by atoms with E-state index < -0.39 is 5.60 Å². The molecule has 2 atom stereocenters. The molecule has 3 N–H and O–H groups in total. The average Bonchev–Trinajstić information content (AvgIpc) is 2.60. The highest BCUT2D eigenvalue weighted by Gasteiger charge is 2.40. The van der Waals surface area contributed by atoms with Crippen LogP contribution < -0.4 is 5.73 Å². The smallest absolute Gasteiger partial charge is 0.109 e. The second kappa shape index (κ2) is 2.86. The van der Waals surface area contributed by atoms with Gasteiger partial charge in [0.05, 0.1) is 6.26 Å². The van der Waals surface area contributed by atoms with Gasteiger partial charge in [0.15, 0.2) is 0 Å². The maximum atomic E-state index is 10.3. The van der Waals surface area contributed by atoms with Crippen LogP contribution in [0.4, 0.5) is 0 Å². The highest BCUT2D eigenvalue weighted by Crippen LogP contribution is 2.39. The van der Waals surface area contributed by atoms with Gasteiger partial charge in [0.1, 0.15) is 11.4 Å². The number of aryl methyl sites for hydroxylation is 1. The van der Waals surface area contributed by atoms with E-state index in [4.69, 9.17) is 10.2 Å². The lowest BCUT2D eigenvalue weighted by Crippen LogP contribution is -2.43. The van der Waals surface area contributed by atoms with Crippen LogP contribution in [0.3, 0.4) is 0 Å². The first-order chi connectivity index (χ1) is 6.18. The summed E-state index contributed by atoms with van der Waals surface area (Å²) in [4.78, 5) is 0. The molecule has 13 heavy (non-hydrogen) atoms. The molecular formula is C10H15NO2. The summed E-state index contributed by atoms with van der Waals surface area (Å²) in [7, 11) is 0. The van der Waals surface area contributed by atoms with Gasteiger partial charge in [-0.1, -0.05) is 6.92 Å². The highest BCUT2D eigenvalue weighted by molar-refractivity contribution is 5.29. The topological polar surface area (TPSA) is 59.4 Å². The van der Waals surface area contributed by atoms with Crippen molar-refractivity contribution in [2.24, 2.45) is 11.7 Å². The minimum atomic E-state index is -0.874. The molecule has 2 unspecified atom stereocenters. The molecule has 1 heterocycles. The third-order valence-corrected chi connectivity index (χ3v) is 3.14. The van der Waals surface area contributed by atoms with Crippen molar-refractivity contribution in [3.63, 3.8) is 0 Å². The second-order valence-electron chi connectivity index (χ2n) is 3.83. The summed E-state index contributed by atoms with van der Waals surface area (Å²) in [6.45, 7) is 2.30. The summed E-state index contributed by atoms with van der Waals surface area (Å²) < 4.78 is 5.29. The number of furan rings is 1. The molecule has 0 saturated heterocycles. The van der Waals surface area contributed by atoms with Crippen molar-refractivity contribution in [1.82, 2.24) is 0 Å². The number of nitrogens with two attached hydrogens (primary N) is 1. The van der Waals surface area contributed by atoms with E-state index in [9.17, 15) is 5.11 Å². The molecule has 0 spiro atoms. The van der Waals surface area contributed by atoms with Gasteiger partial charge in [0.25, 0.3) is 0 Å². The Bertz CT molecular complexity index is 308. The van der Waals surface area contributed by atoms with E-state index in [1.54, 1.807) is 6.26 Å². The van der Waals surface area contributed by atoms with Gasteiger partial charge < -0.3 is 15.3 Å². The van der Waals surface area contributed by atoms with Gasteiger partial charge in [-0.05, 0) is 18.4 Å². The molecule has 0 bridgehead atoms. The summed E-state index contributed by atoms with van der Waals surface area (Å²) in [5.41, 5.74) is 5.62. The van der Waals surface area contributed by atoms with Gasteiger partial charge in [-0.2, -0.15) is 0 Å². The van der Waals surface area contributed by atoms with Gasteiger partial charge in [-0.3, -0.25) is 0 Å². The van der Waals surface area contributed by atoms with Crippen molar-refractivity contribution in [2.75, 3.05) is 6.54 Å². The zero-order valence-corrected chi connectivity index (χ0v) is 7.79. The Balaban J connectivity index is 2.47. The Kier molecular flexibility index (Phi) is 1.93. The molecule has 2 rings (SSSR count). The fourth-order valence-electron chi connectivity index (χ4n) is 2.08. The van der Waals surface area contributed by atoms with E-state index in [2.05, 4.69) is 0 Å². The van der Waals surface area contributed by atoms with E-state index in [0.717, 1.165) is 24.2 Å². The molecule has 0 saturated carbocycles. The number of aliphatic hydroxyl groups is 1. The lowest BCUT2D eigenvalue weighted by atomic mass is 9.75. The van der Waals surface area contributed by atoms with E-state index in [1.807, 2.05) is 13.0 Å². The maximum absolute atomic E-state index is 10.3. The predicted molar refractivity (Wildman–Crippen MR) is 49.1 cm³/mol. The predicted octanol–water partition coefficient (Wildman–Crippen LogP) is 1.01. The number of rotatable bonds is 1. The lowest BCUT2D eigenvalue weighted by molar-refractivity contribution is -0.0212. The van der Waals surface area contributed by atoms with Crippen LogP contribution in [0.25, 0.3) is 0 Å². The maximum Gasteiger partial charge on any atom is 0.109 e. The highest BCUT2D eigenvalue weighted by atomic mass is 16.3. The Labute approximate surface area is 77.5 Å². The molecule has 0 aromatic carbocycles. The molecule has 0 aliphatic heterocycles. The quantitative estimate of drug-likeness (QED) is 0.679. The number of fused-ring (bicyclic) bond motifs is 1. The summed E-state index contributed by atoms with van der Waals surface area (Å²) in [5.74, 6) is 1.11. The van der Waals surface area contributed by atoms with Gasteiger partial charge in [0, 0.05) is 18.5 Å². The van der Waals surface area contributed by atoms with Crippen molar-refractivity contribution in [1.29, 1.82) is 0 Å². The monoisotopic (exact) mass is 181 g/mol. The largest absolute Gasteiger partial charge is 0.469 e. The lowest BCUT2D eigenvalue weighted by Gasteiger charge is -2.36. The minimum Gasteiger partial charge on any atom is -0.469 e. The molecule has 0 fully saturated rings. The van der Waals surface area contributed by atoms with E-state index >= 15 is 0 Å². The molecular weight excluding hydrogens is 166 g/mol. The zero-order chi connectivity index (χ0) is 9.47. The normalized spacial score (nSPS) is 33.0. The summed E-state index contributed by atoms with van der Waals surface area (Å²) in [5, 5.41) is 10.3. The average molecular weight is 181 g/mol. The second-order valence-corrected chi connectivity index (χ2v) is 3.83. The standard InChI is InChI=1S/C10H15NO2/c1-7-2-3-9-8(4-5-13-9)10(7,12)6-11/h4-5,7,12H,2-3,6,11H2,1H3. The minimum absolute atomic E-state index is 0.211. The van der Waals surface area contributed by atoms with Crippen molar-refractivity contribution in [2.45, 2.75) is 25.4 Å². The van der Waals surface area contributed by atoms with Crippen LogP contribution in [0.15, 0.2) is 16.7 Å². The molecule has 3 heteroatoms. The summed E-state index contributed by atoms with van der Waals surface area (Å²) >= 11 is 0. The Morgan fingerprint density at radius 3 is 3.23 bits per heavy atom. The molecule has 0 amide bonds. The molecule has 1 aliphatic rings. The first-order valence-corrected chi connectivity index (χ1v) is 4.68. The molecule has 0 radical (unpaired) electrons.